The summed E-state index contributed by atoms with van der Waals surface area (Å²) in [6.45, 7) is 0. The van der Waals surface area contributed by atoms with Gasteiger partial charge in [-0.2, -0.15) is 0 Å². The molecule has 282 valence electrons. The second kappa shape index (κ2) is 13.8. The van der Waals surface area contributed by atoms with E-state index in [2.05, 4.69) is 233 Å². The highest BCUT2D eigenvalue weighted by Crippen LogP contribution is 2.50. The quantitative estimate of drug-likeness (QED) is 0.161. The zero-order chi connectivity index (χ0) is 39.6. The minimum atomic E-state index is 0.855. The fraction of sp³-hybridized carbons (Fsp3) is 0. The van der Waals surface area contributed by atoms with E-state index in [1.54, 1.807) is 0 Å². The van der Waals surface area contributed by atoms with Crippen molar-refractivity contribution < 1.29 is 4.42 Å². The number of fused-ring (bicyclic) bond motifs is 10. The van der Waals surface area contributed by atoms with E-state index in [9.17, 15) is 0 Å². The van der Waals surface area contributed by atoms with Gasteiger partial charge >= 0.3 is 0 Å². The van der Waals surface area contributed by atoms with E-state index < -0.39 is 0 Å². The standard InChI is InChI=1S/C56H37N3O/c1-5-20-38(21-6-1)57(39-22-7-2-8-23-39)49-36-51-54(45-31-15-13-28-42(45)49)55-46-32-16-14-29-43(46)50(58(40-24-9-3-10-25-40)41-26-11-4-12-27-41)37-52(55)59(51)48-34-19-33-47-44-30-17-18-35-53(44)60-56(47)48/h1-37H. The predicted octanol–water partition coefficient (Wildman–Crippen LogP) is 15.9. The molecular formula is C56H37N3O. The number of anilines is 6. The zero-order valence-corrected chi connectivity index (χ0v) is 32.6. The summed E-state index contributed by atoms with van der Waals surface area (Å²) in [5.74, 6) is 0. The van der Waals surface area contributed by atoms with Gasteiger partial charge < -0.3 is 18.8 Å². The van der Waals surface area contributed by atoms with Gasteiger partial charge in [0.25, 0.3) is 0 Å². The molecule has 0 spiro atoms. The van der Waals surface area contributed by atoms with E-state index in [1.165, 1.54) is 32.3 Å². The van der Waals surface area contributed by atoms with Crippen molar-refractivity contribution in [1.29, 1.82) is 0 Å². The minimum Gasteiger partial charge on any atom is -0.454 e. The van der Waals surface area contributed by atoms with Crippen molar-refractivity contribution in [3.63, 3.8) is 0 Å². The topological polar surface area (TPSA) is 24.6 Å². The predicted molar refractivity (Wildman–Crippen MR) is 252 cm³/mol. The molecule has 0 saturated heterocycles. The molecule has 0 amide bonds. The summed E-state index contributed by atoms with van der Waals surface area (Å²) in [5.41, 5.74) is 11.4. The van der Waals surface area contributed by atoms with Crippen LogP contribution in [0.3, 0.4) is 0 Å². The van der Waals surface area contributed by atoms with Crippen LogP contribution < -0.4 is 9.80 Å². The Hall–Kier alpha value is -8.08. The monoisotopic (exact) mass is 767 g/mol. The number of para-hydroxylation sites is 6. The summed E-state index contributed by atoms with van der Waals surface area (Å²) < 4.78 is 9.33. The molecule has 0 unspecified atom stereocenters. The van der Waals surface area contributed by atoms with Crippen LogP contribution in [-0.4, -0.2) is 4.57 Å². The Labute approximate surface area is 347 Å². The minimum absolute atomic E-state index is 0.855. The number of furan rings is 1. The Morgan fingerprint density at radius 1 is 0.317 bits per heavy atom. The molecule has 12 rings (SSSR count). The van der Waals surface area contributed by atoms with Crippen molar-refractivity contribution in [2.24, 2.45) is 0 Å². The average molecular weight is 768 g/mol. The molecule has 0 aliphatic heterocycles. The van der Waals surface area contributed by atoms with Crippen LogP contribution in [0.2, 0.25) is 0 Å². The van der Waals surface area contributed by atoms with Gasteiger partial charge in [0.15, 0.2) is 5.58 Å². The molecule has 0 bridgehead atoms. The van der Waals surface area contributed by atoms with Crippen LogP contribution >= 0.6 is 0 Å². The maximum Gasteiger partial charge on any atom is 0.159 e. The third kappa shape index (κ3) is 5.25. The maximum atomic E-state index is 6.87. The van der Waals surface area contributed by atoms with Crippen LogP contribution in [0.25, 0.3) is 71.0 Å². The number of aromatic nitrogens is 1. The molecule has 0 aliphatic rings. The number of nitrogens with zero attached hydrogens (tertiary/aromatic N) is 3. The maximum absolute atomic E-state index is 6.87. The molecule has 2 heterocycles. The van der Waals surface area contributed by atoms with E-state index in [0.29, 0.717) is 0 Å². The van der Waals surface area contributed by atoms with Crippen LogP contribution in [0.5, 0.6) is 0 Å². The summed E-state index contributed by atoms with van der Waals surface area (Å²) in [6.07, 6.45) is 0. The highest BCUT2D eigenvalue weighted by Gasteiger charge is 2.27. The third-order valence-corrected chi connectivity index (χ3v) is 11.9. The smallest absolute Gasteiger partial charge is 0.159 e. The van der Waals surface area contributed by atoms with E-state index in [4.69, 9.17) is 4.42 Å². The Balaban J connectivity index is 1.29. The highest BCUT2D eigenvalue weighted by molar-refractivity contribution is 6.32. The number of hydrogen-bond donors (Lipinski definition) is 0. The highest BCUT2D eigenvalue weighted by atomic mass is 16.3. The van der Waals surface area contributed by atoms with Crippen molar-refractivity contribution in [3.8, 4) is 5.69 Å². The lowest BCUT2D eigenvalue weighted by Crippen LogP contribution is -2.11. The molecular weight excluding hydrogens is 731 g/mol. The van der Waals surface area contributed by atoms with Crippen LogP contribution in [0.4, 0.5) is 34.1 Å². The summed E-state index contributed by atoms with van der Waals surface area (Å²) in [6, 6.07) is 80.3. The van der Waals surface area contributed by atoms with Crippen LogP contribution in [0, 0.1) is 0 Å². The summed E-state index contributed by atoms with van der Waals surface area (Å²) >= 11 is 0. The van der Waals surface area contributed by atoms with E-state index in [1.807, 2.05) is 6.07 Å². The molecule has 0 aliphatic carbocycles. The Morgan fingerprint density at radius 3 is 1.13 bits per heavy atom. The number of benzene rings is 10. The summed E-state index contributed by atoms with van der Waals surface area (Å²) in [5, 5.41) is 9.30. The molecule has 0 radical (unpaired) electrons. The van der Waals surface area contributed by atoms with Crippen LogP contribution in [-0.2, 0) is 0 Å². The Kier molecular flexibility index (Phi) is 7.82. The number of rotatable bonds is 7. The number of hydrogen-bond acceptors (Lipinski definition) is 3. The van der Waals surface area contributed by atoms with Crippen LogP contribution in [0.15, 0.2) is 229 Å². The molecule has 0 N–H and O–H groups in total. The van der Waals surface area contributed by atoms with Gasteiger partial charge in [-0.05, 0) is 83.6 Å². The fourth-order valence-electron chi connectivity index (χ4n) is 9.39. The average Bonchev–Trinajstić information content (AvgIpc) is 3.87. The van der Waals surface area contributed by atoms with Crippen LogP contribution in [0.1, 0.15) is 0 Å². The zero-order valence-electron chi connectivity index (χ0n) is 32.6. The lowest BCUT2D eigenvalue weighted by Gasteiger charge is -2.27. The third-order valence-electron chi connectivity index (χ3n) is 11.9. The first-order valence-electron chi connectivity index (χ1n) is 20.4. The van der Waals surface area contributed by atoms with E-state index in [-0.39, 0.29) is 0 Å². The van der Waals surface area contributed by atoms with Gasteiger partial charge in [-0.3, -0.25) is 0 Å². The SMILES string of the molecule is c1ccc(N(c2ccccc2)c2cc3c(c4ccccc24)c2c4ccccc4c(N(c4ccccc4)c4ccccc4)cc2n3-c2cccc3c2oc2ccccc23)cc1. The first-order chi connectivity index (χ1) is 29.8. The Morgan fingerprint density at radius 2 is 0.683 bits per heavy atom. The van der Waals surface area contributed by atoms with E-state index >= 15 is 0 Å². The molecule has 60 heavy (non-hydrogen) atoms. The lowest BCUT2D eigenvalue weighted by atomic mass is 9.96. The van der Waals surface area contributed by atoms with Crippen molar-refractivity contribution in [2.45, 2.75) is 0 Å². The molecule has 0 fully saturated rings. The second-order valence-electron chi connectivity index (χ2n) is 15.3. The van der Waals surface area contributed by atoms with Gasteiger partial charge in [0.05, 0.1) is 28.1 Å². The summed E-state index contributed by atoms with van der Waals surface area (Å²) in [7, 11) is 0. The van der Waals surface area contributed by atoms with Crippen molar-refractivity contribution in [1.82, 2.24) is 4.57 Å². The van der Waals surface area contributed by atoms with E-state index in [0.717, 1.165) is 72.8 Å². The second-order valence-corrected chi connectivity index (χ2v) is 15.3. The Bertz CT molecular complexity index is 3280. The summed E-state index contributed by atoms with van der Waals surface area (Å²) in [4.78, 5) is 4.78. The van der Waals surface area contributed by atoms with Crippen molar-refractivity contribution in [2.75, 3.05) is 9.80 Å². The molecule has 4 nitrogen and oxygen atoms in total. The molecule has 12 aromatic rings. The fourth-order valence-corrected chi connectivity index (χ4v) is 9.39. The first-order valence-corrected chi connectivity index (χ1v) is 20.4. The van der Waals surface area contributed by atoms with Gasteiger partial charge in [-0.15, -0.1) is 0 Å². The molecule has 0 saturated carbocycles. The van der Waals surface area contributed by atoms with Gasteiger partial charge in [0.2, 0.25) is 0 Å². The van der Waals surface area contributed by atoms with Gasteiger partial charge in [0, 0.05) is 55.1 Å². The molecule has 10 aromatic carbocycles. The van der Waals surface area contributed by atoms with Crippen molar-refractivity contribution >= 4 is 99.4 Å². The van der Waals surface area contributed by atoms with Gasteiger partial charge in [0.1, 0.15) is 5.58 Å². The normalized spacial score (nSPS) is 11.7. The lowest BCUT2D eigenvalue weighted by molar-refractivity contribution is 0.666. The van der Waals surface area contributed by atoms with Gasteiger partial charge in [-0.1, -0.05) is 152 Å². The molecule has 4 heteroatoms. The van der Waals surface area contributed by atoms with Crippen molar-refractivity contribution in [3.05, 3.63) is 224 Å². The van der Waals surface area contributed by atoms with Gasteiger partial charge in [-0.25, -0.2) is 0 Å². The largest absolute Gasteiger partial charge is 0.454 e. The molecule has 0 atom stereocenters. The molecule has 2 aromatic heterocycles. The first kappa shape index (κ1) is 34.0.